The van der Waals surface area contributed by atoms with Crippen LogP contribution in [0, 0.1) is 10.1 Å². The van der Waals surface area contributed by atoms with E-state index >= 15 is 0 Å². The number of thioether (sulfide) groups is 1. The fraction of sp³-hybridized carbons (Fsp3) is 0.0526. The average molecular weight is 413 g/mol. The van der Waals surface area contributed by atoms with E-state index in [0.29, 0.717) is 21.9 Å². The number of nitrogens with zero attached hydrogens (tertiary/aromatic N) is 4. The predicted octanol–water partition coefficient (Wildman–Crippen LogP) is 5.38. The number of non-ortho nitro benzene ring substituents is 1. The minimum atomic E-state index is -0.396. The highest BCUT2D eigenvalue weighted by Gasteiger charge is 2.13. The Hall–Kier alpha value is -3.10. The van der Waals surface area contributed by atoms with Gasteiger partial charge in [0.1, 0.15) is 0 Å². The van der Waals surface area contributed by atoms with Gasteiger partial charge in [0, 0.05) is 40.9 Å². The van der Waals surface area contributed by atoms with Crippen LogP contribution in [-0.4, -0.2) is 19.7 Å². The summed E-state index contributed by atoms with van der Waals surface area (Å²) in [5, 5.41) is 20.4. The largest absolute Gasteiger partial charge is 0.411 e. The Morgan fingerprint density at radius 3 is 2.57 bits per heavy atom. The molecule has 0 atom stereocenters. The van der Waals surface area contributed by atoms with E-state index in [-0.39, 0.29) is 5.69 Å². The molecule has 2 aromatic heterocycles. The summed E-state index contributed by atoms with van der Waals surface area (Å²) >= 11 is 7.21. The molecule has 0 saturated carbocycles. The van der Waals surface area contributed by atoms with E-state index in [1.807, 2.05) is 35.2 Å². The zero-order chi connectivity index (χ0) is 19.5. The number of hydrogen-bond donors (Lipinski definition) is 0. The Labute approximate surface area is 169 Å². The average Bonchev–Trinajstić information content (AvgIpc) is 3.39. The van der Waals surface area contributed by atoms with Gasteiger partial charge in [0.15, 0.2) is 0 Å². The minimum Gasteiger partial charge on any atom is -0.411 e. The lowest BCUT2D eigenvalue weighted by Crippen LogP contribution is -1.96. The number of nitro groups is 1. The van der Waals surface area contributed by atoms with E-state index in [2.05, 4.69) is 10.2 Å². The van der Waals surface area contributed by atoms with Crippen molar-refractivity contribution >= 4 is 29.1 Å². The number of rotatable bonds is 6. The van der Waals surface area contributed by atoms with Crippen LogP contribution in [0.1, 0.15) is 5.56 Å². The lowest BCUT2D eigenvalue weighted by atomic mass is 10.2. The van der Waals surface area contributed by atoms with E-state index in [1.54, 1.807) is 36.4 Å². The molecule has 0 bridgehead atoms. The van der Waals surface area contributed by atoms with Crippen LogP contribution in [0.4, 0.5) is 5.69 Å². The fourth-order valence-corrected chi connectivity index (χ4v) is 3.44. The second kappa shape index (κ2) is 7.87. The molecule has 140 valence electrons. The maximum atomic E-state index is 11.3. The molecular formula is C19H13ClN4O3S. The third-order valence-corrected chi connectivity index (χ3v) is 5.08. The van der Waals surface area contributed by atoms with Gasteiger partial charge >= 0.3 is 0 Å². The van der Waals surface area contributed by atoms with Crippen LogP contribution in [0.5, 0.6) is 0 Å². The van der Waals surface area contributed by atoms with Crippen LogP contribution in [-0.2, 0) is 5.75 Å². The highest BCUT2D eigenvalue weighted by Crippen LogP contribution is 2.29. The molecule has 28 heavy (non-hydrogen) atoms. The van der Waals surface area contributed by atoms with Crippen molar-refractivity contribution in [2.24, 2.45) is 0 Å². The van der Waals surface area contributed by atoms with Gasteiger partial charge in [-0.1, -0.05) is 23.4 Å². The lowest BCUT2D eigenvalue weighted by Gasteiger charge is -2.06. The second-order valence-electron chi connectivity index (χ2n) is 5.87. The van der Waals surface area contributed by atoms with Gasteiger partial charge in [0.05, 0.1) is 10.6 Å². The van der Waals surface area contributed by atoms with Gasteiger partial charge in [-0.05, 0) is 48.0 Å². The first kappa shape index (κ1) is 18.3. The van der Waals surface area contributed by atoms with Gasteiger partial charge in [-0.3, -0.25) is 10.1 Å². The molecule has 0 aliphatic carbocycles. The first-order valence-electron chi connectivity index (χ1n) is 8.22. The molecular weight excluding hydrogens is 400 g/mol. The summed E-state index contributed by atoms with van der Waals surface area (Å²) in [6.07, 6.45) is 3.68. The van der Waals surface area contributed by atoms with Crippen LogP contribution in [0.15, 0.2) is 76.6 Å². The minimum absolute atomic E-state index is 0.0363. The molecule has 0 radical (unpaired) electrons. The van der Waals surface area contributed by atoms with E-state index in [0.717, 1.165) is 16.8 Å². The van der Waals surface area contributed by atoms with E-state index < -0.39 is 4.92 Å². The van der Waals surface area contributed by atoms with Crippen LogP contribution in [0.2, 0.25) is 5.02 Å². The van der Waals surface area contributed by atoms with Crippen molar-refractivity contribution in [2.45, 2.75) is 11.0 Å². The Morgan fingerprint density at radius 2 is 1.86 bits per heavy atom. The highest BCUT2D eigenvalue weighted by atomic mass is 35.5. The third-order valence-electron chi connectivity index (χ3n) is 3.94. The summed E-state index contributed by atoms with van der Waals surface area (Å²) in [7, 11) is 0. The summed E-state index contributed by atoms with van der Waals surface area (Å²) in [4.78, 5) is 10.9. The number of aromatic nitrogens is 3. The number of hydrogen-bond acceptors (Lipinski definition) is 6. The highest BCUT2D eigenvalue weighted by molar-refractivity contribution is 7.98. The molecule has 4 rings (SSSR count). The van der Waals surface area contributed by atoms with Crippen molar-refractivity contribution in [2.75, 3.05) is 0 Å². The van der Waals surface area contributed by atoms with Gasteiger partial charge in [0.2, 0.25) is 5.89 Å². The summed E-state index contributed by atoms with van der Waals surface area (Å²) in [5.41, 5.74) is 2.32. The van der Waals surface area contributed by atoms with Crippen molar-refractivity contribution in [1.29, 1.82) is 0 Å². The summed E-state index contributed by atoms with van der Waals surface area (Å²) in [6, 6.07) is 15.8. The van der Waals surface area contributed by atoms with Crippen molar-refractivity contribution < 1.29 is 9.34 Å². The van der Waals surface area contributed by atoms with Crippen LogP contribution in [0.3, 0.4) is 0 Å². The molecule has 0 N–H and O–H groups in total. The van der Waals surface area contributed by atoms with Crippen LogP contribution >= 0.6 is 23.4 Å². The maximum absolute atomic E-state index is 11.3. The normalized spacial score (nSPS) is 10.9. The number of halogens is 1. The maximum Gasteiger partial charge on any atom is 0.277 e. The monoisotopic (exact) mass is 412 g/mol. The predicted molar refractivity (Wildman–Crippen MR) is 107 cm³/mol. The molecule has 0 aliphatic rings. The lowest BCUT2D eigenvalue weighted by molar-refractivity contribution is -0.384. The van der Waals surface area contributed by atoms with Crippen molar-refractivity contribution in [3.63, 3.8) is 0 Å². The molecule has 2 aromatic carbocycles. The SMILES string of the molecule is O=[N+]([O-])c1cc(CSc2nnc(-c3ccc(Cl)cc3)o2)cc(-n2cccc2)c1. The van der Waals surface area contributed by atoms with Crippen molar-refractivity contribution in [3.8, 4) is 17.1 Å². The summed E-state index contributed by atoms with van der Waals surface area (Å²) < 4.78 is 7.50. The zero-order valence-corrected chi connectivity index (χ0v) is 15.9. The van der Waals surface area contributed by atoms with E-state index in [1.165, 1.54) is 11.8 Å². The summed E-state index contributed by atoms with van der Waals surface area (Å²) in [6.45, 7) is 0. The first-order chi connectivity index (χ1) is 13.6. The molecule has 4 aromatic rings. The standard InChI is InChI=1S/C19H13ClN4O3S/c20-15-5-3-14(4-6-15)18-21-22-19(27-18)28-12-13-9-16(23-7-1-2-8-23)11-17(10-13)24(25)26/h1-11H,12H2. The van der Waals surface area contributed by atoms with Gasteiger partial charge in [-0.25, -0.2) is 0 Å². The molecule has 9 heteroatoms. The fourth-order valence-electron chi connectivity index (χ4n) is 2.62. The topological polar surface area (TPSA) is 87.0 Å². The number of benzene rings is 2. The summed E-state index contributed by atoms with van der Waals surface area (Å²) in [5.74, 6) is 0.851. The quantitative estimate of drug-likeness (QED) is 0.240. The molecule has 0 unspecified atom stereocenters. The van der Waals surface area contributed by atoms with Gasteiger partial charge in [-0.15, -0.1) is 10.2 Å². The second-order valence-corrected chi connectivity index (χ2v) is 7.24. The third kappa shape index (κ3) is 4.08. The van der Waals surface area contributed by atoms with Crippen molar-refractivity contribution in [3.05, 3.63) is 87.7 Å². The first-order valence-corrected chi connectivity index (χ1v) is 9.59. The Balaban J connectivity index is 1.53. The Kier molecular flexibility index (Phi) is 5.14. The Morgan fingerprint density at radius 1 is 1.11 bits per heavy atom. The molecule has 7 nitrogen and oxygen atoms in total. The van der Waals surface area contributed by atoms with Gasteiger partial charge < -0.3 is 8.98 Å². The van der Waals surface area contributed by atoms with E-state index in [4.69, 9.17) is 16.0 Å². The van der Waals surface area contributed by atoms with Crippen molar-refractivity contribution in [1.82, 2.24) is 14.8 Å². The Bertz CT molecular complexity index is 1110. The smallest absolute Gasteiger partial charge is 0.277 e. The van der Waals surface area contributed by atoms with Gasteiger partial charge in [-0.2, -0.15) is 0 Å². The molecule has 0 spiro atoms. The number of nitro benzene ring substituents is 1. The van der Waals surface area contributed by atoms with Crippen LogP contribution < -0.4 is 0 Å². The molecule has 0 amide bonds. The molecule has 0 aliphatic heterocycles. The molecule has 0 fully saturated rings. The van der Waals surface area contributed by atoms with E-state index in [9.17, 15) is 10.1 Å². The van der Waals surface area contributed by atoms with Crippen LogP contribution in [0.25, 0.3) is 17.1 Å². The molecule has 0 saturated heterocycles. The zero-order valence-electron chi connectivity index (χ0n) is 14.4. The molecule has 2 heterocycles. The van der Waals surface area contributed by atoms with Gasteiger partial charge in [0.25, 0.3) is 10.9 Å².